The Bertz CT molecular complexity index is 1710. The summed E-state index contributed by atoms with van der Waals surface area (Å²) in [6.07, 6.45) is 1.27. The number of nitriles is 1. The molecule has 0 radical (unpaired) electrons. The molecule has 0 spiro atoms. The number of nitro groups is 1. The summed E-state index contributed by atoms with van der Waals surface area (Å²) >= 11 is 1.73. The minimum atomic E-state index is -0.765. The zero-order valence-electron chi connectivity index (χ0n) is 23.0. The molecule has 3 aromatic rings. The molecular formula is C32H29FN4O3S. The van der Waals surface area contributed by atoms with E-state index in [4.69, 9.17) is 5.73 Å². The lowest BCUT2D eigenvalue weighted by atomic mass is 9.73. The van der Waals surface area contributed by atoms with E-state index in [-0.39, 0.29) is 22.9 Å². The Kier molecular flexibility index (Phi) is 7.70. The maximum absolute atomic E-state index is 14.0. The van der Waals surface area contributed by atoms with Gasteiger partial charge in [0.1, 0.15) is 17.3 Å². The van der Waals surface area contributed by atoms with Crippen molar-refractivity contribution in [1.82, 2.24) is 0 Å². The minimum Gasteiger partial charge on any atom is -0.384 e. The summed E-state index contributed by atoms with van der Waals surface area (Å²) in [5, 5.41) is 22.3. The average molecular weight is 569 g/mol. The van der Waals surface area contributed by atoms with E-state index in [9.17, 15) is 24.6 Å². The average Bonchev–Trinajstić information content (AvgIpc) is 2.94. The number of nitro benzene ring substituents is 1. The van der Waals surface area contributed by atoms with Crippen molar-refractivity contribution in [2.24, 2.45) is 5.73 Å². The number of rotatable bonds is 6. The van der Waals surface area contributed by atoms with Crippen molar-refractivity contribution in [1.29, 1.82) is 5.26 Å². The molecule has 0 saturated carbocycles. The molecule has 7 nitrogen and oxygen atoms in total. The van der Waals surface area contributed by atoms with E-state index in [0.29, 0.717) is 36.3 Å². The molecule has 41 heavy (non-hydrogen) atoms. The minimum absolute atomic E-state index is 0.0115. The van der Waals surface area contributed by atoms with Crippen LogP contribution in [0.1, 0.15) is 53.0 Å². The highest BCUT2D eigenvalue weighted by Crippen LogP contribution is 2.49. The molecule has 0 aromatic heterocycles. The van der Waals surface area contributed by atoms with Crippen LogP contribution in [0.15, 0.2) is 82.2 Å². The van der Waals surface area contributed by atoms with Crippen molar-refractivity contribution in [3.8, 4) is 6.07 Å². The fourth-order valence-electron chi connectivity index (χ4n) is 5.79. The highest BCUT2D eigenvalue weighted by atomic mass is 32.2. The molecule has 0 amide bonds. The van der Waals surface area contributed by atoms with Gasteiger partial charge in [0.15, 0.2) is 5.78 Å². The summed E-state index contributed by atoms with van der Waals surface area (Å²) in [5.74, 6) is -0.882. The second-order valence-corrected chi connectivity index (χ2v) is 11.4. The first-order valence-corrected chi connectivity index (χ1v) is 14.3. The number of hydrogen-bond acceptors (Lipinski definition) is 7. The van der Waals surface area contributed by atoms with Gasteiger partial charge in [-0.15, -0.1) is 11.8 Å². The van der Waals surface area contributed by atoms with Gasteiger partial charge in [0.25, 0.3) is 5.69 Å². The number of ketones is 1. The zero-order valence-corrected chi connectivity index (χ0v) is 23.8. The lowest BCUT2D eigenvalue weighted by Crippen LogP contribution is -2.39. The van der Waals surface area contributed by atoms with Gasteiger partial charge in [-0.05, 0) is 74.1 Å². The fourth-order valence-corrected chi connectivity index (χ4v) is 6.87. The van der Waals surface area contributed by atoms with E-state index in [1.54, 1.807) is 11.8 Å². The number of allylic oxidation sites excluding steroid dienone is 3. The van der Waals surface area contributed by atoms with E-state index in [1.165, 1.54) is 21.4 Å². The van der Waals surface area contributed by atoms with Crippen molar-refractivity contribution in [2.45, 2.75) is 56.6 Å². The predicted molar refractivity (Wildman–Crippen MR) is 158 cm³/mol. The summed E-state index contributed by atoms with van der Waals surface area (Å²) in [6, 6.07) is 17.7. The van der Waals surface area contributed by atoms with Crippen molar-refractivity contribution in [2.75, 3.05) is 4.90 Å². The Hall–Kier alpha value is -4.42. The third-order valence-electron chi connectivity index (χ3n) is 7.78. The highest BCUT2D eigenvalue weighted by Gasteiger charge is 2.42. The van der Waals surface area contributed by atoms with Crippen LogP contribution in [0.4, 0.5) is 15.8 Å². The molecule has 1 aliphatic heterocycles. The van der Waals surface area contributed by atoms with Crippen LogP contribution >= 0.6 is 11.8 Å². The number of hydrogen-bond donors (Lipinski definition) is 1. The monoisotopic (exact) mass is 568 g/mol. The van der Waals surface area contributed by atoms with Gasteiger partial charge in [-0.3, -0.25) is 19.8 Å². The van der Waals surface area contributed by atoms with E-state index in [2.05, 4.69) is 31.2 Å². The molecule has 1 heterocycles. The summed E-state index contributed by atoms with van der Waals surface area (Å²) in [7, 11) is 0. The van der Waals surface area contributed by atoms with Gasteiger partial charge >= 0.3 is 0 Å². The molecule has 0 bridgehead atoms. The molecule has 1 unspecified atom stereocenters. The maximum atomic E-state index is 14.0. The van der Waals surface area contributed by atoms with Gasteiger partial charge in [-0.1, -0.05) is 35.9 Å². The third kappa shape index (κ3) is 5.11. The zero-order chi connectivity index (χ0) is 29.4. The SMILES string of the molecule is Cc1cc(CSc2ccccc2C)c(C)c(C2C(C#N)=C(N)N(c3ccc(F)cc3[N+](=O)[O-])C3=C2C(=O)CCC3)c1. The molecule has 3 aromatic carbocycles. The van der Waals surface area contributed by atoms with Gasteiger partial charge in [-0.25, -0.2) is 4.39 Å². The Balaban J connectivity index is 1.68. The Morgan fingerprint density at radius 3 is 2.61 bits per heavy atom. The number of carbonyl (C=O) groups is 1. The Morgan fingerprint density at radius 1 is 1.15 bits per heavy atom. The second-order valence-electron chi connectivity index (χ2n) is 10.4. The number of aryl methyl sites for hydroxylation is 2. The molecule has 1 aliphatic carbocycles. The molecule has 9 heteroatoms. The molecular weight excluding hydrogens is 539 g/mol. The van der Waals surface area contributed by atoms with Gasteiger partial charge in [0, 0.05) is 28.3 Å². The summed E-state index contributed by atoms with van der Waals surface area (Å²) in [5.41, 5.74) is 12.3. The lowest BCUT2D eigenvalue weighted by molar-refractivity contribution is -0.384. The van der Waals surface area contributed by atoms with Crippen molar-refractivity contribution in [3.63, 3.8) is 0 Å². The van der Waals surface area contributed by atoms with Gasteiger partial charge < -0.3 is 5.73 Å². The molecule has 208 valence electrons. The lowest BCUT2D eigenvalue weighted by Gasteiger charge is -2.40. The molecule has 0 fully saturated rings. The van der Waals surface area contributed by atoms with E-state index in [0.717, 1.165) is 34.4 Å². The number of Topliss-reactive ketones (excluding diaryl/α,β-unsaturated/α-hetero) is 1. The predicted octanol–water partition coefficient (Wildman–Crippen LogP) is 7.26. The van der Waals surface area contributed by atoms with Crippen LogP contribution in [0.3, 0.4) is 0 Å². The Labute approximate surface area is 242 Å². The fraction of sp³-hybridized carbons (Fsp3) is 0.250. The van der Waals surface area contributed by atoms with Crippen LogP contribution in [-0.2, 0) is 10.5 Å². The van der Waals surface area contributed by atoms with E-state index < -0.39 is 22.3 Å². The number of halogens is 1. The number of carbonyl (C=O) groups excluding carboxylic acids is 1. The summed E-state index contributed by atoms with van der Waals surface area (Å²) in [4.78, 5) is 27.4. The largest absolute Gasteiger partial charge is 0.384 e. The standard InChI is InChI=1S/C32H29FN4O3S/c1-18-13-21(17-41-29-10-5-4-7-19(29)2)20(3)23(14-18)30-24(16-34)32(35)36(26-8-6-9-28(38)31(26)30)25-12-11-22(33)15-27(25)37(39)40/h4-5,7,10-15,30H,6,8-9,17,35H2,1-3H3. The third-order valence-corrected chi connectivity index (χ3v) is 9.00. The number of thioether (sulfide) groups is 1. The summed E-state index contributed by atoms with van der Waals surface area (Å²) in [6.45, 7) is 6.06. The van der Waals surface area contributed by atoms with E-state index in [1.807, 2.05) is 32.0 Å². The van der Waals surface area contributed by atoms with Crippen molar-refractivity contribution in [3.05, 3.63) is 121 Å². The van der Waals surface area contributed by atoms with Crippen LogP contribution in [-0.4, -0.2) is 10.7 Å². The molecule has 2 N–H and O–H groups in total. The normalized spacial score (nSPS) is 17.0. The first kappa shape index (κ1) is 28.1. The van der Waals surface area contributed by atoms with Gasteiger partial charge in [-0.2, -0.15) is 5.26 Å². The van der Waals surface area contributed by atoms with Crippen LogP contribution in [0, 0.1) is 48.0 Å². The number of nitrogens with two attached hydrogens (primary N) is 1. The van der Waals surface area contributed by atoms with Crippen molar-refractivity contribution >= 4 is 28.9 Å². The number of anilines is 1. The number of benzene rings is 3. The first-order chi connectivity index (χ1) is 19.6. The molecule has 0 saturated heterocycles. The second kappa shape index (κ2) is 11.2. The smallest absolute Gasteiger partial charge is 0.296 e. The van der Waals surface area contributed by atoms with E-state index >= 15 is 0 Å². The topological polar surface area (TPSA) is 113 Å². The first-order valence-electron chi connectivity index (χ1n) is 13.3. The molecule has 5 rings (SSSR count). The van der Waals surface area contributed by atoms with Crippen LogP contribution in [0.2, 0.25) is 0 Å². The van der Waals surface area contributed by atoms with Gasteiger partial charge in [0.2, 0.25) is 0 Å². The maximum Gasteiger partial charge on any atom is 0.296 e. The van der Waals surface area contributed by atoms with Gasteiger partial charge in [0.05, 0.1) is 28.5 Å². The van der Waals surface area contributed by atoms with Crippen molar-refractivity contribution < 1.29 is 14.1 Å². The number of nitrogens with zero attached hydrogens (tertiary/aromatic N) is 3. The summed E-state index contributed by atoms with van der Waals surface area (Å²) < 4.78 is 14.0. The van der Waals surface area contributed by atoms with Crippen LogP contribution in [0.5, 0.6) is 0 Å². The van der Waals surface area contributed by atoms with Crippen LogP contribution in [0.25, 0.3) is 0 Å². The quantitative estimate of drug-likeness (QED) is 0.189. The van der Waals surface area contributed by atoms with Crippen LogP contribution < -0.4 is 10.6 Å². The molecule has 1 atom stereocenters. The molecule has 2 aliphatic rings. The Morgan fingerprint density at radius 2 is 1.90 bits per heavy atom. The highest BCUT2D eigenvalue weighted by molar-refractivity contribution is 7.98.